The van der Waals surface area contributed by atoms with Crippen molar-refractivity contribution in [2.24, 2.45) is 5.92 Å². The lowest BCUT2D eigenvalue weighted by Gasteiger charge is -2.31. The van der Waals surface area contributed by atoms with Crippen molar-refractivity contribution in [1.82, 2.24) is 5.32 Å². The average Bonchev–Trinajstić information content (AvgIpc) is 2.70. The van der Waals surface area contributed by atoms with Crippen LogP contribution < -0.4 is 5.32 Å². The molecule has 0 aromatic carbocycles. The molecule has 2 aliphatic carbocycles. The number of nitrogens with one attached hydrogen (secondary N) is 1. The summed E-state index contributed by atoms with van der Waals surface area (Å²) in [6.07, 6.45) is 10.0. The monoisotopic (exact) mass is 211 g/mol. The fourth-order valence-corrected chi connectivity index (χ4v) is 3.28. The highest BCUT2D eigenvalue weighted by molar-refractivity contribution is 4.84. The van der Waals surface area contributed by atoms with Gasteiger partial charge in [-0.15, -0.1) is 0 Å². The third-order valence-corrected chi connectivity index (χ3v) is 4.25. The first kappa shape index (κ1) is 11.4. The number of hydrogen-bond acceptors (Lipinski definition) is 2. The van der Waals surface area contributed by atoms with Crippen LogP contribution in [0.3, 0.4) is 0 Å². The van der Waals surface area contributed by atoms with Gasteiger partial charge in [0.15, 0.2) is 0 Å². The van der Waals surface area contributed by atoms with Crippen molar-refractivity contribution in [2.45, 2.75) is 76.5 Å². The van der Waals surface area contributed by atoms with E-state index < -0.39 is 0 Å². The molecule has 2 heteroatoms. The van der Waals surface area contributed by atoms with Crippen LogP contribution in [0.4, 0.5) is 0 Å². The van der Waals surface area contributed by atoms with Gasteiger partial charge in [-0.05, 0) is 51.4 Å². The molecule has 0 bridgehead atoms. The van der Waals surface area contributed by atoms with Crippen LogP contribution in [0.5, 0.6) is 0 Å². The Morgan fingerprint density at radius 1 is 1.07 bits per heavy atom. The Morgan fingerprint density at radius 2 is 1.80 bits per heavy atom. The topological polar surface area (TPSA) is 32.3 Å². The third kappa shape index (κ3) is 3.18. The molecule has 2 saturated carbocycles. The number of aliphatic hydroxyl groups is 1. The molecule has 3 unspecified atom stereocenters. The van der Waals surface area contributed by atoms with Crippen molar-refractivity contribution in [3.63, 3.8) is 0 Å². The van der Waals surface area contributed by atoms with E-state index in [4.69, 9.17) is 0 Å². The highest BCUT2D eigenvalue weighted by Gasteiger charge is 2.26. The van der Waals surface area contributed by atoms with Crippen LogP contribution in [0.15, 0.2) is 0 Å². The predicted molar refractivity (Wildman–Crippen MR) is 62.8 cm³/mol. The molecule has 2 aliphatic rings. The van der Waals surface area contributed by atoms with Crippen LogP contribution in [0.2, 0.25) is 0 Å². The maximum atomic E-state index is 9.62. The van der Waals surface area contributed by atoms with Gasteiger partial charge in [0.05, 0.1) is 6.10 Å². The molecular weight excluding hydrogens is 186 g/mol. The first-order valence-electron chi connectivity index (χ1n) is 6.70. The number of hydrogen-bond donors (Lipinski definition) is 2. The first-order chi connectivity index (χ1) is 7.25. The first-order valence-corrected chi connectivity index (χ1v) is 6.70. The fraction of sp³-hybridized carbons (Fsp3) is 1.00. The molecule has 15 heavy (non-hydrogen) atoms. The van der Waals surface area contributed by atoms with E-state index in [1.807, 2.05) is 0 Å². The van der Waals surface area contributed by atoms with Crippen LogP contribution in [-0.2, 0) is 0 Å². The minimum atomic E-state index is -0.0490. The largest absolute Gasteiger partial charge is 0.393 e. The Hall–Kier alpha value is -0.0800. The predicted octanol–water partition coefficient (Wildman–Crippen LogP) is 2.46. The maximum absolute atomic E-state index is 9.62. The van der Waals surface area contributed by atoms with E-state index >= 15 is 0 Å². The fourth-order valence-electron chi connectivity index (χ4n) is 3.28. The summed E-state index contributed by atoms with van der Waals surface area (Å²) in [7, 11) is 0. The van der Waals surface area contributed by atoms with Gasteiger partial charge in [0, 0.05) is 12.1 Å². The molecule has 2 N–H and O–H groups in total. The lowest BCUT2D eigenvalue weighted by Crippen LogP contribution is -2.43. The summed E-state index contributed by atoms with van der Waals surface area (Å²) in [6, 6.07) is 1.23. The van der Waals surface area contributed by atoms with Gasteiger partial charge < -0.3 is 10.4 Å². The van der Waals surface area contributed by atoms with E-state index in [1.165, 1.54) is 38.5 Å². The summed E-state index contributed by atoms with van der Waals surface area (Å²) in [5, 5.41) is 13.3. The second-order valence-corrected chi connectivity index (χ2v) is 5.52. The standard InChI is InChI=1S/C13H25NO/c1-10(11-5-2-3-6-11)14-12-7-4-8-13(15)9-12/h10-15H,2-9H2,1H3. The summed E-state index contributed by atoms with van der Waals surface area (Å²) in [5.41, 5.74) is 0. The minimum Gasteiger partial charge on any atom is -0.393 e. The molecule has 0 spiro atoms. The van der Waals surface area contributed by atoms with Crippen molar-refractivity contribution in [2.75, 3.05) is 0 Å². The van der Waals surface area contributed by atoms with Crippen LogP contribution in [0.25, 0.3) is 0 Å². The Labute approximate surface area is 93.5 Å². The van der Waals surface area contributed by atoms with Crippen LogP contribution in [-0.4, -0.2) is 23.3 Å². The van der Waals surface area contributed by atoms with E-state index in [0.717, 1.165) is 18.8 Å². The lowest BCUT2D eigenvalue weighted by atomic mass is 9.91. The molecule has 0 saturated heterocycles. The molecule has 2 rings (SSSR count). The molecule has 2 nitrogen and oxygen atoms in total. The summed E-state index contributed by atoms with van der Waals surface area (Å²) in [6.45, 7) is 2.33. The van der Waals surface area contributed by atoms with E-state index in [1.54, 1.807) is 0 Å². The molecule has 3 atom stereocenters. The van der Waals surface area contributed by atoms with Crippen molar-refractivity contribution in [3.05, 3.63) is 0 Å². The zero-order valence-electron chi connectivity index (χ0n) is 9.91. The Morgan fingerprint density at radius 3 is 2.47 bits per heavy atom. The van der Waals surface area contributed by atoms with E-state index in [-0.39, 0.29) is 6.10 Å². The molecule has 0 radical (unpaired) electrons. The van der Waals surface area contributed by atoms with Crippen molar-refractivity contribution >= 4 is 0 Å². The van der Waals surface area contributed by atoms with E-state index in [0.29, 0.717) is 12.1 Å². The van der Waals surface area contributed by atoms with Crippen molar-refractivity contribution < 1.29 is 5.11 Å². The van der Waals surface area contributed by atoms with Crippen molar-refractivity contribution in [3.8, 4) is 0 Å². The second kappa shape index (κ2) is 5.31. The molecule has 0 aromatic heterocycles. The molecule has 0 aliphatic heterocycles. The van der Waals surface area contributed by atoms with Gasteiger partial charge in [0.1, 0.15) is 0 Å². The molecule has 0 heterocycles. The van der Waals surface area contributed by atoms with Gasteiger partial charge >= 0.3 is 0 Å². The average molecular weight is 211 g/mol. The Bertz CT molecular complexity index is 189. The van der Waals surface area contributed by atoms with Crippen LogP contribution >= 0.6 is 0 Å². The highest BCUT2D eigenvalue weighted by atomic mass is 16.3. The van der Waals surface area contributed by atoms with Gasteiger partial charge in [0.25, 0.3) is 0 Å². The Kier molecular flexibility index (Phi) is 4.04. The number of aliphatic hydroxyl groups excluding tert-OH is 1. The summed E-state index contributed by atoms with van der Waals surface area (Å²) >= 11 is 0. The zero-order chi connectivity index (χ0) is 10.7. The molecule has 0 aromatic rings. The van der Waals surface area contributed by atoms with Crippen LogP contribution in [0, 0.1) is 5.92 Å². The summed E-state index contributed by atoms with van der Waals surface area (Å²) < 4.78 is 0. The minimum absolute atomic E-state index is 0.0490. The van der Waals surface area contributed by atoms with Gasteiger partial charge in [-0.25, -0.2) is 0 Å². The van der Waals surface area contributed by atoms with E-state index in [2.05, 4.69) is 12.2 Å². The zero-order valence-corrected chi connectivity index (χ0v) is 9.91. The normalized spacial score (nSPS) is 35.6. The third-order valence-electron chi connectivity index (χ3n) is 4.25. The Balaban J connectivity index is 1.74. The molecule has 0 amide bonds. The lowest BCUT2D eigenvalue weighted by molar-refractivity contribution is 0.106. The van der Waals surface area contributed by atoms with Crippen LogP contribution in [0.1, 0.15) is 58.3 Å². The molecule has 2 fully saturated rings. The van der Waals surface area contributed by atoms with Gasteiger partial charge in [-0.1, -0.05) is 12.8 Å². The van der Waals surface area contributed by atoms with Crippen molar-refractivity contribution in [1.29, 1.82) is 0 Å². The second-order valence-electron chi connectivity index (χ2n) is 5.52. The molecule has 88 valence electrons. The SMILES string of the molecule is CC(NC1CCCC(O)C1)C1CCCC1. The summed E-state index contributed by atoms with van der Waals surface area (Å²) in [5.74, 6) is 0.893. The molecular formula is C13H25NO. The maximum Gasteiger partial charge on any atom is 0.0555 e. The summed E-state index contributed by atoms with van der Waals surface area (Å²) in [4.78, 5) is 0. The van der Waals surface area contributed by atoms with Gasteiger partial charge in [0.2, 0.25) is 0 Å². The van der Waals surface area contributed by atoms with Gasteiger partial charge in [-0.3, -0.25) is 0 Å². The smallest absolute Gasteiger partial charge is 0.0555 e. The van der Waals surface area contributed by atoms with E-state index in [9.17, 15) is 5.11 Å². The van der Waals surface area contributed by atoms with Gasteiger partial charge in [-0.2, -0.15) is 0 Å². The number of rotatable bonds is 3. The highest BCUT2D eigenvalue weighted by Crippen LogP contribution is 2.28. The quantitative estimate of drug-likeness (QED) is 0.751.